The number of carbonyl (C=O) groups excluding carboxylic acids is 2. The summed E-state index contributed by atoms with van der Waals surface area (Å²) in [5, 5.41) is 10.6. The number of imide groups is 1. The van der Waals surface area contributed by atoms with Crippen molar-refractivity contribution in [3.63, 3.8) is 0 Å². The molecule has 1 aliphatic rings. The van der Waals surface area contributed by atoms with Gasteiger partial charge in [-0.1, -0.05) is 53.4 Å². The SMILES string of the molecule is COc1cc2c(N[C@H](C)c3cccc(Br)c3)nc(C)nc2cc1OCCCCCCCNc1cccc2nc(C)n(C3CCC(=O)NC3=O)c(=O)c12. The predicted molar refractivity (Wildman–Crippen MR) is 206 cm³/mol. The number of aryl methyl sites for hydroxylation is 2. The molecule has 0 saturated carbocycles. The average Bonchev–Trinajstić information content (AvgIpc) is 3.11. The first-order valence-electron chi connectivity index (χ1n) is 17.7. The number of piperidine rings is 1. The van der Waals surface area contributed by atoms with Crippen LogP contribution in [0.25, 0.3) is 21.8 Å². The molecule has 3 heterocycles. The molecule has 6 rings (SSSR count). The molecule has 2 amide bonds. The number of carbonyl (C=O) groups is 2. The zero-order valence-corrected chi connectivity index (χ0v) is 31.5. The van der Waals surface area contributed by atoms with Crippen molar-refractivity contribution in [2.75, 3.05) is 30.9 Å². The van der Waals surface area contributed by atoms with E-state index in [0.29, 0.717) is 52.9 Å². The fraction of sp³-hybridized carbons (Fsp3) is 0.385. The van der Waals surface area contributed by atoms with Crippen LogP contribution >= 0.6 is 15.9 Å². The van der Waals surface area contributed by atoms with Crippen LogP contribution in [0.4, 0.5) is 11.5 Å². The molecule has 3 N–H and O–H groups in total. The second-order valence-corrected chi connectivity index (χ2v) is 14.0. The van der Waals surface area contributed by atoms with E-state index < -0.39 is 11.9 Å². The van der Waals surface area contributed by atoms with Crippen LogP contribution in [0.15, 0.2) is 63.9 Å². The summed E-state index contributed by atoms with van der Waals surface area (Å²) in [4.78, 5) is 51.9. The first-order valence-corrected chi connectivity index (χ1v) is 18.5. The van der Waals surface area contributed by atoms with Crippen molar-refractivity contribution in [2.24, 2.45) is 0 Å². The molecular formula is C39H44BrN7O5. The van der Waals surface area contributed by atoms with E-state index in [1.807, 2.05) is 43.3 Å². The Morgan fingerprint density at radius 2 is 1.73 bits per heavy atom. The van der Waals surface area contributed by atoms with Crippen molar-refractivity contribution in [1.29, 1.82) is 0 Å². The van der Waals surface area contributed by atoms with Gasteiger partial charge in [0, 0.05) is 34.6 Å². The Hall–Kier alpha value is -5.04. The van der Waals surface area contributed by atoms with Gasteiger partial charge in [-0.05, 0) is 75.9 Å². The lowest BCUT2D eigenvalue weighted by molar-refractivity contribution is -0.135. The van der Waals surface area contributed by atoms with Crippen molar-refractivity contribution in [3.05, 3.63) is 86.6 Å². The van der Waals surface area contributed by atoms with Crippen molar-refractivity contribution in [2.45, 2.75) is 77.8 Å². The second-order valence-electron chi connectivity index (χ2n) is 13.1. The maximum absolute atomic E-state index is 13.7. The first kappa shape index (κ1) is 36.7. The molecule has 1 unspecified atom stereocenters. The summed E-state index contributed by atoms with van der Waals surface area (Å²) in [5.41, 5.74) is 2.90. The molecule has 2 aromatic heterocycles. The van der Waals surface area contributed by atoms with Gasteiger partial charge in [-0.15, -0.1) is 0 Å². The van der Waals surface area contributed by atoms with Gasteiger partial charge >= 0.3 is 0 Å². The second kappa shape index (κ2) is 16.5. The van der Waals surface area contributed by atoms with Crippen molar-refractivity contribution in [3.8, 4) is 11.5 Å². The van der Waals surface area contributed by atoms with Gasteiger partial charge in [0.05, 0.1) is 36.2 Å². The maximum Gasteiger partial charge on any atom is 0.264 e. The minimum absolute atomic E-state index is 0.0254. The van der Waals surface area contributed by atoms with Crippen LogP contribution < -0.4 is 31.0 Å². The number of hydrogen-bond donors (Lipinski definition) is 3. The Balaban J connectivity index is 0.997. The van der Waals surface area contributed by atoms with E-state index in [-0.39, 0.29) is 30.3 Å². The van der Waals surface area contributed by atoms with E-state index in [4.69, 9.17) is 14.5 Å². The number of halogens is 1. The molecule has 1 saturated heterocycles. The highest BCUT2D eigenvalue weighted by Gasteiger charge is 2.30. The van der Waals surface area contributed by atoms with E-state index in [1.54, 1.807) is 20.1 Å². The minimum atomic E-state index is -0.757. The molecule has 5 aromatic rings. The van der Waals surface area contributed by atoms with Crippen LogP contribution in [-0.4, -0.2) is 51.6 Å². The molecule has 12 nitrogen and oxygen atoms in total. The third-order valence-electron chi connectivity index (χ3n) is 9.32. The van der Waals surface area contributed by atoms with Crippen molar-refractivity contribution >= 4 is 61.1 Å². The summed E-state index contributed by atoms with van der Waals surface area (Å²) in [6, 6.07) is 16.9. The van der Waals surface area contributed by atoms with Gasteiger partial charge in [0.2, 0.25) is 11.8 Å². The van der Waals surface area contributed by atoms with Crippen LogP contribution in [0.5, 0.6) is 11.5 Å². The number of anilines is 2. The number of unbranched alkanes of at least 4 members (excludes halogenated alkanes) is 4. The largest absolute Gasteiger partial charge is 0.493 e. The summed E-state index contributed by atoms with van der Waals surface area (Å²) in [6.45, 7) is 6.94. The van der Waals surface area contributed by atoms with Gasteiger partial charge in [0.1, 0.15) is 23.5 Å². The molecule has 52 heavy (non-hydrogen) atoms. The summed E-state index contributed by atoms with van der Waals surface area (Å²) in [5.74, 6) is 2.35. The molecule has 13 heteroatoms. The quantitative estimate of drug-likeness (QED) is 0.0731. The highest BCUT2D eigenvalue weighted by atomic mass is 79.9. The predicted octanol–water partition coefficient (Wildman–Crippen LogP) is 7.32. The Kier molecular flexibility index (Phi) is 11.7. The molecule has 0 spiro atoms. The topological polar surface area (TPSA) is 149 Å². The van der Waals surface area contributed by atoms with Crippen molar-refractivity contribution < 1.29 is 19.1 Å². The number of methoxy groups -OCH3 is 1. The zero-order valence-electron chi connectivity index (χ0n) is 29.9. The standard InChI is InChI=1S/C39H44BrN7O5/c1-23(26-12-10-13-27(40)20-26)42-37-28-21-33(51-4)34(22-31(28)43-24(2)44-37)52-19-9-7-5-6-8-18-41-29-14-11-15-30-36(29)39(50)47(25(3)45-30)32-16-17-35(48)46-38(32)49/h10-15,20-23,32,41H,5-9,16-19H2,1-4H3,(H,42,43,44)(H,46,48,49)/t23-,32?/m1/s1. The van der Waals surface area contributed by atoms with Crippen LogP contribution in [-0.2, 0) is 9.59 Å². The highest BCUT2D eigenvalue weighted by molar-refractivity contribution is 9.10. The molecule has 272 valence electrons. The van der Waals surface area contributed by atoms with Gasteiger partial charge in [-0.3, -0.25) is 24.3 Å². The molecule has 0 radical (unpaired) electrons. The number of fused-ring (bicyclic) bond motifs is 2. The summed E-state index contributed by atoms with van der Waals surface area (Å²) < 4.78 is 14.3. The molecule has 1 fully saturated rings. The fourth-order valence-corrected chi connectivity index (χ4v) is 7.08. The number of amides is 2. The van der Waals surface area contributed by atoms with Gasteiger partial charge < -0.3 is 20.1 Å². The van der Waals surface area contributed by atoms with Gasteiger partial charge in [0.15, 0.2) is 11.5 Å². The molecule has 1 aliphatic heterocycles. The monoisotopic (exact) mass is 769 g/mol. The lowest BCUT2D eigenvalue weighted by atomic mass is 10.1. The third kappa shape index (κ3) is 8.36. The van der Waals surface area contributed by atoms with Crippen molar-refractivity contribution in [1.82, 2.24) is 24.8 Å². The van der Waals surface area contributed by atoms with E-state index in [2.05, 4.69) is 60.9 Å². The molecule has 2 atom stereocenters. The first-order chi connectivity index (χ1) is 25.1. The summed E-state index contributed by atoms with van der Waals surface area (Å²) in [6.07, 6.45) is 5.33. The minimum Gasteiger partial charge on any atom is -0.493 e. The van der Waals surface area contributed by atoms with Crippen LogP contribution in [0.1, 0.15) is 81.2 Å². The number of nitrogens with zero attached hydrogens (tertiary/aromatic N) is 4. The lowest BCUT2D eigenvalue weighted by Crippen LogP contribution is -2.45. The number of nitrogens with one attached hydrogen (secondary N) is 3. The van der Waals surface area contributed by atoms with Gasteiger partial charge in [0.25, 0.3) is 5.56 Å². The Bertz CT molecular complexity index is 2170. The lowest BCUT2D eigenvalue weighted by Gasteiger charge is -2.24. The van der Waals surface area contributed by atoms with Crippen LogP contribution in [0, 0.1) is 13.8 Å². The van der Waals surface area contributed by atoms with Gasteiger partial charge in [-0.25, -0.2) is 15.0 Å². The number of rotatable bonds is 15. The summed E-state index contributed by atoms with van der Waals surface area (Å²) >= 11 is 3.56. The molecular weight excluding hydrogens is 726 g/mol. The third-order valence-corrected chi connectivity index (χ3v) is 9.81. The van der Waals surface area contributed by atoms with Gasteiger partial charge in [-0.2, -0.15) is 0 Å². The maximum atomic E-state index is 13.7. The van der Waals surface area contributed by atoms with Crippen LogP contribution in [0.2, 0.25) is 0 Å². The Morgan fingerprint density at radius 3 is 2.52 bits per heavy atom. The molecule has 0 bridgehead atoms. The normalized spacial score (nSPS) is 15.1. The Morgan fingerprint density at radius 1 is 0.942 bits per heavy atom. The molecule has 0 aliphatic carbocycles. The van der Waals surface area contributed by atoms with E-state index in [9.17, 15) is 14.4 Å². The number of hydrogen-bond acceptors (Lipinski definition) is 10. The fourth-order valence-electron chi connectivity index (χ4n) is 6.66. The number of ether oxygens (including phenoxy) is 2. The number of aromatic nitrogens is 4. The van der Waals surface area contributed by atoms with Crippen LogP contribution in [0.3, 0.4) is 0 Å². The van der Waals surface area contributed by atoms with E-state index in [0.717, 1.165) is 58.9 Å². The smallest absolute Gasteiger partial charge is 0.264 e. The molecule has 3 aromatic carbocycles. The number of benzene rings is 3. The Labute approximate surface area is 310 Å². The zero-order chi connectivity index (χ0) is 36.8. The summed E-state index contributed by atoms with van der Waals surface area (Å²) in [7, 11) is 1.64. The van der Waals surface area contributed by atoms with E-state index in [1.165, 1.54) is 4.57 Å². The average molecular weight is 771 g/mol. The highest BCUT2D eigenvalue weighted by Crippen LogP contribution is 2.36. The van der Waals surface area contributed by atoms with E-state index >= 15 is 0 Å².